The highest BCUT2D eigenvalue weighted by molar-refractivity contribution is 5.78. The molecular formula is C20H22FN3O3. The SMILES string of the molecule is O=C(NCc1ccc(F)cc1)C1CCN(Cc2ccccc2[N+](=O)[O-])CC1. The average Bonchev–Trinajstić information content (AvgIpc) is 2.68. The zero-order chi connectivity index (χ0) is 19.2. The smallest absolute Gasteiger partial charge is 0.273 e. The Kier molecular flexibility index (Phi) is 6.13. The van der Waals surface area contributed by atoms with Gasteiger partial charge in [0.15, 0.2) is 0 Å². The first-order valence-corrected chi connectivity index (χ1v) is 9.00. The first-order valence-electron chi connectivity index (χ1n) is 9.00. The Morgan fingerprint density at radius 2 is 1.81 bits per heavy atom. The number of carbonyl (C=O) groups excluding carboxylic acids is 1. The Morgan fingerprint density at radius 1 is 1.15 bits per heavy atom. The molecule has 27 heavy (non-hydrogen) atoms. The number of halogens is 1. The summed E-state index contributed by atoms with van der Waals surface area (Å²) >= 11 is 0. The van der Waals surface area contributed by atoms with Gasteiger partial charge in [-0.05, 0) is 43.6 Å². The van der Waals surface area contributed by atoms with E-state index in [1.807, 2.05) is 0 Å². The van der Waals surface area contributed by atoms with Gasteiger partial charge in [-0.2, -0.15) is 0 Å². The van der Waals surface area contributed by atoms with E-state index in [1.54, 1.807) is 30.3 Å². The van der Waals surface area contributed by atoms with Crippen molar-refractivity contribution >= 4 is 11.6 Å². The van der Waals surface area contributed by atoms with Crippen molar-refractivity contribution in [1.82, 2.24) is 10.2 Å². The summed E-state index contributed by atoms with van der Waals surface area (Å²) in [5, 5.41) is 14.0. The van der Waals surface area contributed by atoms with Crippen LogP contribution in [0.5, 0.6) is 0 Å². The van der Waals surface area contributed by atoms with Crippen molar-refractivity contribution in [2.45, 2.75) is 25.9 Å². The fourth-order valence-corrected chi connectivity index (χ4v) is 3.35. The molecule has 0 spiro atoms. The van der Waals surface area contributed by atoms with Gasteiger partial charge in [0.25, 0.3) is 5.69 Å². The molecule has 6 nitrogen and oxygen atoms in total. The van der Waals surface area contributed by atoms with E-state index in [0.717, 1.165) is 31.5 Å². The molecular weight excluding hydrogens is 349 g/mol. The van der Waals surface area contributed by atoms with Crippen LogP contribution in [-0.2, 0) is 17.9 Å². The lowest BCUT2D eigenvalue weighted by atomic mass is 9.95. The second-order valence-electron chi connectivity index (χ2n) is 6.78. The van der Waals surface area contributed by atoms with E-state index in [0.29, 0.717) is 18.7 Å². The van der Waals surface area contributed by atoms with Crippen LogP contribution in [0, 0.1) is 21.8 Å². The van der Waals surface area contributed by atoms with Crippen LogP contribution in [-0.4, -0.2) is 28.8 Å². The third kappa shape index (κ3) is 5.10. The van der Waals surface area contributed by atoms with Crippen LogP contribution < -0.4 is 5.32 Å². The lowest BCUT2D eigenvalue weighted by molar-refractivity contribution is -0.385. The topological polar surface area (TPSA) is 75.5 Å². The Bertz CT molecular complexity index is 802. The summed E-state index contributed by atoms with van der Waals surface area (Å²) < 4.78 is 12.9. The molecule has 0 aromatic heterocycles. The molecule has 3 rings (SSSR count). The third-order valence-electron chi connectivity index (χ3n) is 4.92. The number of hydrogen-bond acceptors (Lipinski definition) is 4. The van der Waals surface area contributed by atoms with Crippen LogP contribution in [0.1, 0.15) is 24.0 Å². The minimum atomic E-state index is -0.356. The van der Waals surface area contributed by atoms with Crippen molar-refractivity contribution in [1.29, 1.82) is 0 Å². The van der Waals surface area contributed by atoms with Crippen LogP contribution in [0.25, 0.3) is 0 Å². The van der Waals surface area contributed by atoms with Crippen LogP contribution in [0.3, 0.4) is 0 Å². The number of nitrogens with zero attached hydrogens (tertiary/aromatic N) is 2. The molecule has 0 bridgehead atoms. The van der Waals surface area contributed by atoms with Gasteiger partial charge in [0.05, 0.1) is 4.92 Å². The number of carbonyl (C=O) groups is 1. The molecule has 1 fully saturated rings. The van der Waals surface area contributed by atoms with Crippen LogP contribution >= 0.6 is 0 Å². The fraction of sp³-hybridized carbons (Fsp3) is 0.350. The molecule has 1 heterocycles. The largest absolute Gasteiger partial charge is 0.352 e. The second kappa shape index (κ2) is 8.73. The third-order valence-corrected chi connectivity index (χ3v) is 4.92. The lowest BCUT2D eigenvalue weighted by Crippen LogP contribution is -2.40. The standard InChI is InChI=1S/C20H22FN3O3/c21-18-7-5-15(6-8-18)13-22-20(25)16-9-11-23(12-10-16)14-17-3-1-2-4-19(17)24(26)27/h1-8,16H,9-14H2,(H,22,25). The van der Waals surface area contributed by atoms with Crippen molar-refractivity contribution in [3.05, 3.63) is 75.6 Å². The maximum Gasteiger partial charge on any atom is 0.273 e. The Hall–Kier alpha value is -2.80. The fourth-order valence-electron chi connectivity index (χ4n) is 3.35. The summed E-state index contributed by atoms with van der Waals surface area (Å²) in [6, 6.07) is 12.8. The molecule has 0 atom stereocenters. The maximum absolute atomic E-state index is 12.9. The zero-order valence-electron chi connectivity index (χ0n) is 14.9. The number of nitrogens with one attached hydrogen (secondary N) is 1. The van der Waals surface area contributed by atoms with Crippen LogP contribution in [0.4, 0.5) is 10.1 Å². The number of nitro benzene ring substituents is 1. The van der Waals surface area contributed by atoms with Crippen LogP contribution in [0.15, 0.2) is 48.5 Å². The number of likely N-dealkylation sites (tertiary alicyclic amines) is 1. The predicted molar refractivity (Wildman–Crippen MR) is 99.3 cm³/mol. The van der Waals surface area contributed by atoms with E-state index in [4.69, 9.17) is 0 Å². The maximum atomic E-state index is 12.9. The van der Waals surface area contributed by atoms with Crippen LogP contribution in [0.2, 0.25) is 0 Å². The highest BCUT2D eigenvalue weighted by Gasteiger charge is 2.26. The van der Waals surface area contributed by atoms with Crippen molar-refractivity contribution in [2.24, 2.45) is 5.92 Å². The van der Waals surface area contributed by atoms with Gasteiger partial charge >= 0.3 is 0 Å². The lowest BCUT2D eigenvalue weighted by Gasteiger charge is -2.31. The summed E-state index contributed by atoms with van der Waals surface area (Å²) in [7, 11) is 0. The summed E-state index contributed by atoms with van der Waals surface area (Å²) in [5.41, 5.74) is 1.69. The minimum Gasteiger partial charge on any atom is -0.352 e. The normalized spacial score (nSPS) is 15.4. The van der Waals surface area contributed by atoms with Gasteiger partial charge in [0.2, 0.25) is 5.91 Å². The first kappa shape index (κ1) is 19.0. The Morgan fingerprint density at radius 3 is 2.48 bits per heavy atom. The molecule has 0 aliphatic carbocycles. The van der Waals surface area contributed by atoms with E-state index in [2.05, 4.69) is 10.2 Å². The van der Waals surface area contributed by atoms with E-state index < -0.39 is 0 Å². The van der Waals surface area contributed by atoms with E-state index in [-0.39, 0.29) is 28.3 Å². The van der Waals surface area contributed by atoms with E-state index in [1.165, 1.54) is 18.2 Å². The predicted octanol–water partition coefficient (Wildman–Crippen LogP) is 3.26. The van der Waals surface area contributed by atoms with E-state index in [9.17, 15) is 19.3 Å². The quantitative estimate of drug-likeness (QED) is 0.625. The van der Waals surface area contributed by atoms with Gasteiger partial charge in [-0.25, -0.2) is 4.39 Å². The molecule has 0 unspecified atom stereocenters. The van der Waals surface area contributed by atoms with Crippen molar-refractivity contribution in [3.63, 3.8) is 0 Å². The van der Waals surface area contributed by atoms with Crippen molar-refractivity contribution < 1.29 is 14.1 Å². The number of benzene rings is 2. The Balaban J connectivity index is 1.48. The van der Waals surface area contributed by atoms with Gasteiger partial charge in [0.1, 0.15) is 5.82 Å². The molecule has 142 valence electrons. The molecule has 1 saturated heterocycles. The molecule has 1 amide bonds. The number of nitro groups is 1. The average molecular weight is 371 g/mol. The molecule has 7 heteroatoms. The molecule has 0 saturated carbocycles. The Labute approximate surface area is 157 Å². The first-order chi connectivity index (χ1) is 13.0. The highest BCUT2D eigenvalue weighted by Crippen LogP contribution is 2.23. The van der Waals surface area contributed by atoms with Gasteiger partial charge < -0.3 is 5.32 Å². The van der Waals surface area contributed by atoms with Gasteiger partial charge in [-0.1, -0.05) is 30.3 Å². The minimum absolute atomic E-state index is 0.00432. The molecule has 1 aliphatic heterocycles. The van der Waals surface area contributed by atoms with Crippen molar-refractivity contribution in [3.8, 4) is 0 Å². The van der Waals surface area contributed by atoms with Gasteiger partial charge in [-0.3, -0.25) is 19.8 Å². The van der Waals surface area contributed by atoms with E-state index >= 15 is 0 Å². The number of para-hydroxylation sites is 1. The second-order valence-corrected chi connectivity index (χ2v) is 6.78. The van der Waals surface area contributed by atoms with Gasteiger partial charge in [0, 0.05) is 30.6 Å². The zero-order valence-corrected chi connectivity index (χ0v) is 14.9. The molecule has 1 N–H and O–H groups in total. The number of rotatable bonds is 6. The highest BCUT2D eigenvalue weighted by atomic mass is 19.1. The summed E-state index contributed by atoms with van der Waals surface area (Å²) in [6.07, 6.45) is 1.44. The summed E-state index contributed by atoms with van der Waals surface area (Å²) in [4.78, 5) is 25.3. The van der Waals surface area contributed by atoms with Crippen molar-refractivity contribution in [2.75, 3.05) is 13.1 Å². The summed E-state index contributed by atoms with van der Waals surface area (Å²) in [5.74, 6) is -0.353. The van der Waals surface area contributed by atoms with Gasteiger partial charge in [-0.15, -0.1) is 0 Å². The number of amides is 1. The summed E-state index contributed by atoms with van der Waals surface area (Å²) in [6.45, 7) is 2.35. The molecule has 0 radical (unpaired) electrons. The number of hydrogen-bond donors (Lipinski definition) is 1. The molecule has 2 aromatic rings. The molecule has 1 aliphatic rings. The number of piperidine rings is 1. The monoisotopic (exact) mass is 371 g/mol. The molecule has 2 aromatic carbocycles.